The summed E-state index contributed by atoms with van der Waals surface area (Å²) in [6.45, 7) is 7.23. The number of benzene rings is 6. The van der Waals surface area contributed by atoms with E-state index in [9.17, 15) is 0 Å². The molecular formula is C41H42OP2. The maximum atomic E-state index is 7.28. The molecule has 0 bridgehead atoms. The number of hydrogen-bond donors (Lipinski definition) is 0. The van der Waals surface area contributed by atoms with E-state index in [4.69, 9.17) is 4.74 Å². The zero-order chi connectivity index (χ0) is 30.4. The van der Waals surface area contributed by atoms with Gasteiger partial charge in [-0.15, -0.1) is 0 Å². The van der Waals surface area contributed by atoms with E-state index in [0.29, 0.717) is 0 Å². The van der Waals surface area contributed by atoms with E-state index >= 15 is 0 Å². The van der Waals surface area contributed by atoms with Gasteiger partial charge in [0.1, 0.15) is 0 Å². The van der Waals surface area contributed by atoms with Crippen molar-refractivity contribution < 1.29 is 4.74 Å². The van der Waals surface area contributed by atoms with Gasteiger partial charge in [-0.05, 0) is 0 Å². The minimum absolute atomic E-state index is 0.946. The molecule has 0 atom stereocenters. The van der Waals surface area contributed by atoms with E-state index in [-0.39, 0.29) is 0 Å². The summed E-state index contributed by atoms with van der Waals surface area (Å²) in [7, 11) is -4.87. The fourth-order valence-corrected chi connectivity index (χ4v) is 14.6. The molecule has 6 aromatic rings. The molecule has 0 amide bonds. The van der Waals surface area contributed by atoms with Crippen molar-refractivity contribution in [3.63, 3.8) is 0 Å². The van der Waals surface area contributed by atoms with E-state index in [1.54, 1.807) is 0 Å². The molecule has 0 spiro atoms. The molecule has 1 nitrogen and oxygen atoms in total. The Morgan fingerprint density at radius 2 is 0.841 bits per heavy atom. The Hall–Kier alpha value is -4.02. The molecule has 3 heteroatoms. The van der Waals surface area contributed by atoms with Crippen molar-refractivity contribution in [2.75, 3.05) is 13.3 Å². The number of para-hydroxylation sites is 1. The van der Waals surface area contributed by atoms with Gasteiger partial charge in [0.2, 0.25) is 0 Å². The average Bonchev–Trinajstić information content (AvgIpc) is 3.10. The van der Waals surface area contributed by atoms with Crippen LogP contribution in [0.4, 0.5) is 0 Å². The summed E-state index contributed by atoms with van der Waals surface area (Å²) >= 11 is 0. The molecule has 0 aliphatic heterocycles. The monoisotopic (exact) mass is 612 g/mol. The summed E-state index contributed by atoms with van der Waals surface area (Å²) < 4.78 is 7.28. The summed E-state index contributed by atoms with van der Waals surface area (Å²) in [5.74, 6) is 1.92. The summed E-state index contributed by atoms with van der Waals surface area (Å²) in [4.78, 5) is 0. The van der Waals surface area contributed by atoms with Gasteiger partial charge in [-0.25, -0.2) is 0 Å². The van der Waals surface area contributed by atoms with Crippen LogP contribution in [0.5, 0.6) is 11.5 Å². The van der Waals surface area contributed by atoms with Gasteiger partial charge in [0.05, 0.1) is 0 Å². The summed E-state index contributed by atoms with van der Waals surface area (Å²) in [6, 6.07) is 59.7. The molecule has 0 fully saturated rings. The van der Waals surface area contributed by atoms with E-state index in [0.717, 1.165) is 24.3 Å². The van der Waals surface area contributed by atoms with Crippen LogP contribution in [0.3, 0.4) is 0 Å². The topological polar surface area (TPSA) is 9.23 Å². The van der Waals surface area contributed by atoms with Gasteiger partial charge in [0, 0.05) is 0 Å². The third-order valence-corrected chi connectivity index (χ3v) is 18.2. The van der Waals surface area contributed by atoms with Crippen molar-refractivity contribution in [2.24, 2.45) is 0 Å². The van der Waals surface area contributed by atoms with Crippen LogP contribution in [0.15, 0.2) is 164 Å². The average molecular weight is 613 g/mol. The molecule has 0 aliphatic carbocycles. The molecule has 44 heavy (non-hydrogen) atoms. The predicted octanol–water partition coefficient (Wildman–Crippen LogP) is 7.74. The third-order valence-electron chi connectivity index (χ3n) is 9.18. The van der Waals surface area contributed by atoms with E-state index in [1.807, 2.05) is 0 Å². The minimum atomic E-state index is -2.46. The Bertz CT molecular complexity index is 1720. The summed E-state index contributed by atoms with van der Waals surface area (Å²) in [5, 5.41) is 8.18. The van der Waals surface area contributed by atoms with Crippen LogP contribution in [0.25, 0.3) is 0 Å². The Kier molecular flexibility index (Phi) is 9.09. The molecule has 0 saturated carbocycles. The number of hydrogen-bond acceptors (Lipinski definition) is 1. The van der Waals surface area contributed by atoms with E-state index < -0.39 is 14.5 Å². The quantitative estimate of drug-likeness (QED) is 0.144. The SMILES string of the molecule is CCCc1cccc(Oc2ccccc2[PH](C)(c2ccccc2)c2ccccc2)c1[PH](C)(c1ccccc1)c1ccccc1. The number of ether oxygens (including phenoxy) is 1. The van der Waals surface area contributed by atoms with Crippen molar-refractivity contribution in [1.82, 2.24) is 0 Å². The molecular weight excluding hydrogens is 570 g/mol. The van der Waals surface area contributed by atoms with Crippen molar-refractivity contribution in [3.8, 4) is 11.5 Å². The van der Waals surface area contributed by atoms with Gasteiger partial charge in [-0.3, -0.25) is 0 Å². The molecule has 0 radical (unpaired) electrons. The van der Waals surface area contributed by atoms with Crippen molar-refractivity contribution >= 4 is 46.4 Å². The van der Waals surface area contributed by atoms with Crippen LogP contribution < -0.4 is 36.6 Å². The molecule has 222 valence electrons. The number of aryl methyl sites for hydroxylation is 1. The molecule has 0 unspecified atom stereocenters. The molecule has 0 saturated heterocycles. The second-order valence-electron chi connectivity index (χ2n) is 11.9. The van der Waals surface area contributed by atoms with Crippen LogP contribution in [-0.2, 0) is 6.42 Å². The van der Waals surface area contributed by atoms with E-state index in [1.165, 1.54) is 37.4 Å². The Morgan fingerprint density at radius 3 is 1.32 bits per heavy atom. The van der Waals surface area contributed by atoms with Gasteiger partial charge in [-0.1, -0.05) is 0 Å². The van der Waals surface area contributed by atoms with Gasteiger partial charge in [-0.2, -0.15) is 0 Å². The molecule has 6 rings (SSSR count). The Balaban J connectivity index is 1.58. The first-order valence-electron chi connectivity index (χ1n) is 15.7. The molecule has 0 aromatic heterocycles. The second kappa shape index (κ2) is 13.3. The summed E-state index contributed by atoms with van der Waals surface area (Å²) in [6.07, 6.45) is 2.09. The maximum absolute atomic E-state index is 7.28. The predicted molar refractivity (Wildman–Crippen MR) is 199 cm³/mol. The first-order valence-corrected chi connectivity index (χ1v) is 20.7. The fraction of sp³-hybridized carbons (Fsp3) is 0.122. The van der Waals surface area contributed by atoms with Crippen molar-refractivity contribution in [3.05, 3.63) is 169 Å². The standard InChI is InChI=1S/C41H42OP2/c1-4-20-33-21-19-31-39(41(33)44(3,36-26-13-7-14-27-36)37-28-15-8-16-29-37)42-38-30-17-18-32-40(38)43(2,34-22-9-5-10-23-34)35-24-11-6-12-25-35/h5-19,21-32,43-44H,4,20H2,1-3H3. The van der Waals surface area contributed by atoms with Crippen LogP contribution in [0.1, 0.15) is 18.9 Å². The first-order chi connectivity index (χ1) is 21.6. The van der Waals surface area contributed by atoms with Crippen LogP contribution in [0.2, 0.25) is 0 Å². The molecule has 6 aromatic carbocycles. The van der Waals surface area contributed by atoms with Gasteiger partial charge >= 0.3 is 265 Å². The zero-order valence-corrected chi connectivity index (χ0v) is 27.9. The van der Waals surface area contributed by atoms with Gasteiger partial charge < -0.3 is 0 Å². The van der Waals surface area contributed by atoms with Gasteiger partial charge in [0.15, 0.2) is 0 Å². The Morgan fingerprint density at radius 1 is 0.432 bits per heavy atom. The van der Waals surface area contributed by atoms with Crippen LogP contribution in [-0.4, -0.2) is 13.3 Å². The van der Waals surface area contributed by atoms with Crippen LogP contribution >= 0.6 is 14.5 Å². The Labute approximate surface area is 264 Å². The van der Waals surface area contributed by atoms with Crippen LogP contribution in [0, 0.1) is 0 Å². The zero-order valence-electron chi connectivity index (χ0n) is 25.9. The molecule has 0 heterocycles. The summed E-state index contributed by atoms with van der Waals surface area (Å²) in [5.41, 5.74) is 1.38. The van der Waals surface area contributed by atoms with Crippen molar-refractivity contribution in [1.29, 1.82) is 0 Å². The van der Waals surface area contributed by atoms with Gasteiger partial charge in [0.25, 0.3) is 0 Å². The third kappa shape index (κ3) is 5.64. The van der Waals surface area contributed by atoms with E-state index in [2.05, 4.69) is 184 Å². The fourth-order valence-electron chi connectivity index (χ4n) is 6.81. The molecule has 0 aliphatic rings. The normalized spacial score (nSPS) is 12.4. The first kappa shape index (κ1) is 30.0. The molecule has 0 N–H and O–H groups in total. The van der Waals surface area contributed by atoms with Crippen molar-refractivity contribution in [2.45, 2.75) is 19.8 Å². The number of rotatable bonds is 10. The second-order valence-corrected chi connectivity index (χ2v) is 19.7.